The number of nitrogens with one attached hydrogen (secondary N) is 2. The molecule has 0 radical (unpaired) electrons. The first-order chi connectivity index (χ1) is 13.2. The van der Waals surface area contributed by atoms with Gasteiger partial charge in [-0.3, -0.25) is 4.79 Å². The number of amides is 1. The van der Waals surface area contributed by atoms with Crippen LogP contribution in [0.2, 0.25) is 0 Å². The highest BCUT2D eigenvalue weighted by Crippen LogP contribution is 2.26. The molecule has 0 aliphatic carbocycles. The molecule has 134 valence electrons. The topological polar surface area (TPSA) is 44.9 Å². The Morgan fingerprint density at radius 1 is 1.00 bits per heavy atom. The van der Waals surface area contributed by atoms with Gasteiger partial charge in [-0.15, -0.1) is 0 Å². The minimum Gasteiger partial charge on any atom is -0.357 e. The van der Waals surface area contributed by atoms with Gasteiger partial charge in [-0.05, 0) is 62.8 Å². The zero-order valence-corrected chi connectivity index (χ0v) is 15.2. The quantitative estimate of drug-likeness (QED) is 0.476. The van der Waals surface area contributed by atoms with Gasteiger partial charge in [-0.25, -0.2) is 4.39 Å². The molecule has 4 rings (SSSR count). The molecular weight excluding hydrogens is 359 g/mol. The first-order valence-electron chi connectivity index (χ1n) is 8.54. The summed E-state index contributed by atoms with van der Waals surface area (Å²) in [4.78, 5) is 15.5. The van der Waals surface area contributed by atoms with Crippen LogP contribution < -0.4 is 5.32 Å². The number of thiophene rings is 1. The maximum atomic E-state index is 13.1. The van der Waals surface area contributed by atoms with E-state index >= 15 is 0 Å². The van der Waals surface area contributed by atoms with Crippen LogP contribution in [0.1, 0.15) is 16.1 Å². The molecule has 0 saturated carbocycles. The molecule has 1 amide bonds. The maximum absolute atomic E-state index is 13.1. The van der Waals surface area contributed by atoms with Crippen molar-refractivity contribution in [3.05, 3.63) is 94.7 Å². The Morgan fingerprint density at radius 2 is 1.81 bits per heavy atom. The molecular formula is C22H17FN2OS. The summed E-state index contributed by atoms with van der Waals surface area (Å²) in [5.41, 5.74) is 5.52. The van der Waals surface area contributed by atoms with E-state index in [1.165, 1.54) is 12.1 Å². The van der Waals surface area contributed by atoms with Crippen molar-refractivity contribution in [3.8, 4) is 22.3 Å². The molecule has 2 aromatic carbocycles. The number of hydrogen-bond acceptors (Lipinski definition) is 2. The van der Waals surface area contributed by atoms with E-state index in [0.29, 0.717) is 12.2 Å². The van der Waals surface area contributed by atoms with E-state index in [1.54, 1.807) is 35.7 Å². The summed E-state index contributed by atoms with van der Waals surface area (Å²) in [5, 5.41) is 7.10. The second kappa shape index (κ2) is 7.60. The summed E-state index contributed by atoms with van der Waals surface area (Å²) in [6, 6.07) is 18.1. The fraction of sp³-hybridized carbons (Fsp3) is 0.0455. The lowest BCUT2D eigenvalue weighted by atomic mass is 10.0. The Kier molecular flexibility index (Phi) is 4.85. The van der Waals surface area contributed by atoms with Crippen molar-refractivity contribution in [2.45, 2.75) is 6.54 Å². The molecule has 5 heteroatoms. The predicted octanol–water partition coefficient (Wildman–Crippen LogP) is 5.48. The van der Waals surface area contributed by atoms with Crippen LogP contribution in [-0.4, -0.2) is 10.9 Å². The highest BCUT2D eigenvalue weighted by Gasteiger charge is 2.11. The van der Waals surface area contributed by atoms with Crippen molar-refractivity contribution in [2.75, 3.05) is 0 Å². The van der Waals surface area contributed by atoms with Gasteiger partial charge in [0.1, 0.15) is 11.5 Å². The van der Waals surface area contributed by atoms with Crippen molar-refractivity contribution in [2.24, 2.45) is 0 Å². The number of carbonyl (C=O) groups is 1. The number of carbonyl (C=O) groups excluding carboxylic acids is 1. The summed E-state index contributed by atoms with van der Waals surface area (Å²) < 4.78 is 13.1. The number of aromatic nitrogens is 1. The van der Waals surface area contributed by atoms with Crippen LogP contribution in [0.25, 0.3) is 22.3 Å². The van der Waals surface area contributed by atoms with Crippen molar-refractivity contribution >= 4 is 17.2 Å². The number of H-pyrrole nitrogens is 1. The third kappa shape index (κ3) is 3.83. The molecule has 0 saturated heterocycles. The van der Waals surface area contributed by atoms with E-state index < -0.39 is 0 Å². The van der Waals surface area contributed by atoms with Crippen LogP contribution in [0.5, 0.6) is 0 Å². The van der Waals surface area contributed by atoms with Gasteiger partial charge in [0.05, 0.1) is 0 Å². The maximum Gasteiger partial charge on any atom is 0.267 e. The average molecular weight is 376 g/mol. The minimum absolute atomic E-state index is 0.177. The molecule has 0 unspecified atom stereocenters. The third-order valence-electron chi connectivity index (χ3n) is 4.39. The highest BCUT2D eigenvalue weighted by atomic mass is 32.1. The lowest BCUT2D eigenvalue weighted by Gasteiger charge is -2.09. The summed E-state index contributed by atoms with van der Waals surface area (Å²) in [5.74, 6) is -0.458. The van der Waals surface area contributed by atoms with Crippen LogP contribution in [0.3, 0.4) is 0 Å². The van der Waals surface area contributed by atoms with Crippen LogP contribution in [0.4, 0.5) is 4.39 Å². The van der Waals surface area contributed by atoms with Crippen molar-refractivity contribution in [1.29, 1.82) is 0 Å². The van der Waals surface area contributed by atoms with Gasteiger partial charge in [-0.2, -0.15) is 11.3 Å². The van der Waals surface area contributed by atoms with E-state index in [9.17, 15) is 9.18 Å². The number of rotatable bonds is 5. The average Bonchev–Trinajstić information content (AvgIpc) is 3.39. The van der Waals surface area contributed by atoms with Crippen LogP contribution in [0.15, 0.2) is 77.6 Å². The molecule has 0 fully saturated rings. The van der Waals surface area contributed by atoms with E-state index in [-0.39, 0.29) is 11.7 Å². The first-order valence-corrected chi connectivity index (χ1v) is 9.48. The Balaban J connectivity index is 1.47. The molecule has 3 nitrogen and oxygen atoms in total. The van der Waals surface area contributed by atoms with E-state index in [0.717, 1.165) is 27.8 Å². The molecule has 0 bridgehead atoms. The molecule has 0 atom stereocenters. The molecule has 2 N–H and O–H groups in total. The monoisotopic (exact) mass is 376 g/mol. The van der Waals surface area contributed by atoms with Crippen LogP contribution in [-0.2, 0) is 6.54 Å². The Hall–Kier alpha value is -3.18. The molecule has 27 heavy (non-hydrogen) atoms. The normalized spacial score (nSPS) is 10.7. The standard InChI is InChI=1S/C22H17FN2OS/c23-19-7-5-15(6-8-19)18-11-21(24-13-18)22(26)25-12-16-3-1-2-4-20(16)17-9-10-27-14-17/h1-11,13-14,24H,12H2,(H,25,26). The smallest absolute Gasteiger partial charge is 0.267 e. The van der Waals surface area contributed by atoms with Gasteiger partial charge in [0.2, 0.25) is 0 Å². The van der Waals surface area contributed by atoms with Crippen molar-refractivity contribution in [1.82, 2.24) is 10.3 Å². The molecule has 0 aliphatic heterocycles. The van der Waals surface area contributed by atoms with Gasteiger partial charge < -0.3 is 10.3 Å². The molecule has 4 aromatic rings. The fourth-order valence-electron chi connectivity index (χ4n) is 2.98. The Bertz CT molecular complexity index is 1050. The lowest BCUT2D eigenvalue weighted by Crippen LogP contribution is -2.23. The molecule has 2 aromatic heterocycles. The van der Waals surface area contributed by atoms with Crippen LogP contribution >= 0.6 is 11.3 Å². The molecule has 0 aliphatic rings. The van der Waals surface area contributed by atoms with Crippen LogP contribution in [0, 0.1) is 5.82 Å². The number of aromatic amines is 1. The van der Waals surface area contributed by atoms with E-state index in [2.05, 4.69) is 27.8 Å². The van der Waals surface area contributed by atoms with Gasteiger partial charge in [0.25, 0.3) is 5.91 Å². The van der Waals surface area contributed by atoms with Crippen molar-refractivity contribution in [3.63, 3.8) is 0 Å². The number of hydrogen-bond donors (Lipinski definition) is 2. The fourth-order valence-corrected chi connectivity index (χ4v) is 3.63. The summed E-state index contributed by atoms with van der Waals surface area (Å²) >= 11 is 1.65. The van der Waals surface area contributed by atoms with Gasteiger partial charge in [0, 0.05) is 12.7 Å². The Labute approximate surface area is 160 Å². The van der Waals surface area contributed by atoms with Gasteiger partial charge in [0.15, 0.2) is 0 Å². The largest absolute Gasteiger partial charge is 0.357 e. The first kappa shape index (κ1) is 17.2. The predicted molar refractivity (Wildman–Crippen MR) is 107 cm³/mol. The number of benzene rings is 2. The lowest BCUT2D eigenvalue weighted by molar-refractivity contribution is 0.0946. The number of halogens is 1. The SMILES string of the molecule is O=C(NCc1ccccc1-c1ccsc1)c1cc(-c2ccc(F)cc2)c[nH]1. The zero-order chi connectivity index (χ0) is 18.6. The molecule has 2 heterocycles. The molecule has 0 spiro atoms. The second-order valence-corrected chi connectivity index (χ2v) is 6.94. The summed E-state index contributed by atoms with van der Waals surface area (Å²) in [7, 11) is 0. The van der Waals surface area contributed by atoms with E-state index in [1.807, 2.05) is 23.6 Å². The summed E-state index contributed by atoms with van der Waals surface area (Å²) in [6.07, 6.45) is 1.75. The van der Waals surface area contributed by atoms with E-state index in [4.69, 9.17) is 0 Å². The van der Waals surface area contributed by atoms with Gasteiger partial charge in [-0.1, -0.05) is 36.4 Å². The minimum atomic E-state index is -0.281. The Morgan fingerprint density at radius 3 is 2.59 bits per heavy atom. The van der Waals surface area contributed by atoms with Gasteiger partial charge >= 0.3 is 0 Å². The zero-order valence-electron chi connectivity index (χ0n) is 14.4. The highest BCUT2D eigenvalue weighted by molar-refractivity contribution is 7.08. The third-order valence-corrected chi connectivity index (χ3v) is 5.08. The second-order valence-electron chi connectivity index (χ2n) is 6.16. The summed E-state index contributed by atoms with van der Waals surface area (Å²) in [6.45, 7) is 0.440. The van der Waals surface area contributed by atoms with Crippen molar-refractivity contribution < 1.29 is 9.18 Å².